The van der Waals surface area contributed by atoms with E-state index in [0.717, 1.165) is 0 Å². The summed E-state index contributed by atoms with van der Waals surface area (Å²) in [5.41, 5.74) is -0.640. The lowest BCUT2D eigenvalue weighted by atomic mass is 9.57. The van der Waals surface area contributed by atoms with E-state index >= 15 is 0 Å². The van der Waals surface area contributed by atoms with Crippen molar-refractivity contribution in [1.82, 2.24) is 0 Å². The minimum atomic E-state index is -0.992. The summed E-state index contributed by atoms with van der Waals surface area (Å²) in [5, 5.41) is 11.0. The van der Waals surface area contributed by atoms with E-state index in [1.54, 1.807) is 6.92 Å². The zero-order valence-corrected chi connectivity index (χ0v) is 21.6. The van der Waals surface area contributed by atoms with Crippen LogP contribution in [0.4, 0.5) is 0 Å². The standard InChI is InChI=1S/C27H38O8/c1-8-9-22(30)34-20-11-13-26(5)12-10-18(15(2)25(31)32-7)24(35-26)23-16(3)19(29)14-21(27(20,23)6)33-17(4)28/h10,12,15,19-21,23,29H,3,8-9,11,13-14H2,1-2,4-7H3/t15-,19-,20+,21+,23-,26+,27+/m1/s1. The highest BCUT2D eigenvalue weighted by Crippen LogP contribution is 2.57. The van der Waals surface area contributed by atoms with Crippen molar-refractivity contribution in [3.8, 4) is 0 Å². The smallest absolute Gasteiger partial charge is 0.312 e. The largest absolute Gasteiger partial charge is 0.487 e. The van der Waals surface area contributed by atoms with Gasteiger partial charge in [-0.15, -0.1) is 0 Å². The van der Waals surface area contributed by atoms with E-state index in [-0.39, 0.29) is 18.8 Å². The van der Waals surface area contributed by atoms with Crippen LogP contribution in [-0.4, -0.2) is 54.0 Å². The number of aliphatic hydroxyl groups is 1. The zero-order chi connectivity index (χ0) is 26.1. The number of esters is 3. The van der Waals surface area contributed by atoms with Gasteiger partial charge in [0.15, 0.2) is 0 Å². The summed E-state index contributed by atoms with van der Waals surface area (Å²) < 4.78 is 23.4. The third-order valence-electron chi connectivity index (χ3n) is 7.71. The van der Waals surface area contributed by atoms with Gasteiger partial charge in [-0.1, -0.05) is 26.5 Å². The molecule has 3 aliphatic rings. The fraction of sp³-hybridized carbons (Fsp3) is 0.667. The first-order chi connectivity index (χ1) is 16.4. The molecular weight excluding hydrogens is 452 g/mol. The van der Waals surface area contributed by atoms with E-state index in [9.17, 15) is 19.5 Å². The van der Waals surface area contributed by atoms with Crippen molar-refractivity contribution in [2.75, 3.05) is 7.11 Å². The van der Waals surface area contributed by atoms with Crippen molar-refractivity contribution in [2.24, 2.45) is 17.3 Å². The normalized spacial score (nSPS) is 35.1. The lowest BCUT2D eigenvalue weighted by Crippen LogP contribution is -2.59. The van der Waals surface area contributed by atoms with Gasteiger partial charge in [-0.2, -0.15) is 0 Å². The Labute approximate surface area is 207 Å². The van der Waals surface area contributed by atoms with E-state index < -0.39 is 53.1 Å². The first-order valence-electron chi connectivity index (χ1n) is 12.3. The number of hydrogen-bond acceptors (Lipinski definition) is 8. The van der Waals surface area contributed by atoms with Crippen molar-refractivity contribution in [2.45, 2.75) is 90.6 Å². The number of allylic oxidation sites excluding steroid dienone is 2. The second-order valence-electron chi connectivity index (χ2n) is 10.3. The SMILES string of the molecule is C=C1[C@@H]2C3=C([C@@H](C)C(=O)OC)C=C[C@@](C)(CC[C@H](OC(=O)CCC)[C@@]2(C)[C@@H](OC(C)=O)C[C@H]1O)O3. The van der Waals surface area contributed by atoms with Gasteiger partial charge >= 0.3 is 17.9 Å². The lowest BCUT2D eigenvalue weighted by Gasteiger charge is -2.55. The van der Waals surface area contributed by atoms with E-state index in [1.165, 1.54) is 14.0 Å². The molecule has 0 unspecified atom stereocenters. The zero-order valence-electron chi connectivity index (χ0n) is 21.6. The van der Waals surface area contributed by atoms with Crippen molar-refractivity contribution < 1.29 is 38.4 Å². The third kappa shape index (κ3) is 5.03. The van der Waals surface area contributed by atoms with Crippen molar-refractivity contribution >= 4 is 17.9 Å². The number of aliphatic hydroxyl groups excluding tert-OH is 1. The van der Waals surface area contributed by atoms with Gasteiger partial charge < -0.3 is 24.1 Å². The molecule has 7 atom stereocenters. The van der Waals surface area contributed by atoms with Gasteiger partial charge in [0.2, 0.25) is 0 Å². The highest BCUT2D eigenvalue weighted by atomic mass is 16.6. The molecule has 2 bridgehead atoms. The molecule has 0 aromatic rings. The Morgan fingerprint density at radius 3 is 2.54 bits per heavy atom. The lowest BCUT2D eigenvalue weighted by molar-refractivity contribution is -0.194. The van der Waals surface area contributed by atoms with Crippen LogP contribution in [-0.2, 0) is 33.3 Å². The molecule has 8 nitrogen and oxygen atoms in total. The van der Waals surface area contributed by atoms with Crippen LogP contribution >= 0.6 is 0 Å². The van der Waals surface area contributed by atoms with Gasteiger partial charge in [-0.25, -0.2) is 0 Å². The molecule has 35 heavy (non-hydrogen) atoms. The predicted molar refractivity (Wildman–Crippen MR) is 128 cm³/mol. The van der Waals surface area contributed by atoms with Crippen LogP contribution in [0.5, 0.6) is 0 Å². The Morgan fingerprint density at radius 2 is 1.94 bits per heavy atom. The minimum absolute atomic E-state index is 0.121. The summed E-state index contributed by atoms with van der Waals surface area (Å²) in [6, 6.07) is 0. The molecule has 2 aliphatic heterocycles. The van der Waals surface area contributed by atoms with Crippen LogP contribution in [0.25, 0.3) is 0 Å². The Balaban J connectivity index is 2.26. The van der Waals surface area contributed by atoms with Crippen LogP contribution in [0.15, 0.2) is 35.6 Å². The van der Waals surface area contributed by atoms with Gasteiger partial charge in [0.05, 0.1) is 30.5 Å². The first-order valence-corrected chi connectivity index (χ1v) is 12.3. The average Bonchev–Trinajstić information content (AvgIpc) is 2.78. The quantitative estimate of drug-likeness (QED) is 0.340. The molecule has 0 aromatic heterocycles. The van der Waals surface area contributed by atoms with Gasteiger partial charge in [0.1, 0.15) is 23.6 Å². The summed E-state index contributed by atoms with van der Waals surface area (Å²) in [7, 11) is 1.33. The second kappa shape index (κ2) is 10.2. The van der Waals surface area contributed by atoms with E-state index in [4.69, 9.17) is 18.9 Å². The summed E-state index contributed by atoms with van der Waals surface area (Å²) >= 11 is 0. The number of fused-ring (bicyclic) bond motifs is 4. The number of ether oxygens (including phenoxy) is 4. The Morgan fingerprint density at radius 1 is 1.26 bits per heavy atom. The summed E-state index contributed by atoms with van der Waals surface area (Å²) in [6.45, 7) is 13.0. The van der Waals surface area contributed by atoms with Gasteiger partial charge in [0.25, 0.3) is 0 Å². The fourth-order valence-electron chi connectivity index (χ4n) is 5.66. The number of carbonyl (C=O) groups excluding carboxylic acids is 3. The molecule has 0 spiro atoms. The molecule has 1 N–H and O–H groups in total. The van der Waals surface area contributed by atoms with E-state index in [2.05, 4.69) is 6.58 Å². The van der Waals surface area contributed by atoms with Crippen LogP contribution in [0.1, 0.15) is 66.7 Å². The molecule has 2 heterocycles. The van der Waals surface area contributed by atoms with Gasteiger partial charge in [-0.3, -0.25) is 14.4 Å². The monoisotopic (exact) mass is 490 g/mol. The first kappa shape index (κ1) is 27.0. The van der Waals surface area contributed by atoms with Gasteiger partial charge in [0, 0.05) is 25.3 Å². The fourth-order valence-corrected chi connectivity index (χ4v) is 5.66. The number of rotatable bonds is 6. The van der Waals surface area contributed by atoms with Crippen LogP contribution in [0.2, 0.25) is 0 Å². The van der Waals surface area contributed by atoms with Crippen LogP contribution < -0.4 is 0 Å². The molecule has 2 fully saturated rings. The van der Waals surface area contributed by atoms with E-state index in [0.29, 0.717) is 36.2 Å². The Bertz CT molecular complexity index is 949. The van der Waals surface area contributed by atoms with Crippen molar-refractivity contribution in [3.05, 3.63) is 35.6 Å². The predicted octanol–water partition coefficient (Wildman–Crippen LogP) is 3.78. The van der Waals surface area contributed by atoms with Crippen LogP contribution in [0.3, 0.4) is 0 Å². The Kier molecular flexibility index (Phi) is 7.84. The average molecular weight is 491 g/mol. The van der Waals surface area contributed by atoms with Gasteiger partial charge in [-0.05, 0) is 44.8 Å². The molecular formula is C27H38O8. The summed E-state index contributed by atoms with van der Waals surface area (Å²) in [4.78, 5) is 37.4. The highest BCUT2D eigenvalue weighted by Gasteiger charge is 2.60. The molecule has 0 radical (unpaired) electrons. The number of carbonyl (C=O) groups is 3. The maximum absolute atomic E-state index is 12.7. The third-order valence-corrected chi connectivity index (χ3v) is 7.71. The Hall–Kier alpha value is -2.61. The maximum Gasteiger partial charge on any atom is 0.312 e. The topological polar surface area (TPSA) is 108 Å². The molecule has 194 valence electrons. The molecule has 0 amide bonds. The van der Waals surface area contributed by atoms with Crippen LogP contribution in [0, 0.1) is 17.3 Å². The highest BCUT2D eigenvalue weighted by molar-refractivity contribution is 5.76. The molecule has 8 heteroatoms. The second-order valence-corrected chi connectivity index (χ2v) is 10.3. The molecule has 1 aliphatic carbocycles. The summed E-state index contributed by atoms with van der Waals surface area (Å²) in [6.07, 6.45) is 3.40. The number of methoxy groups -OCH3 is 1. The maximum atomic E-state index is 12.7. The summed E-state index contributed by atoms with van der Waals surface area (Å²) in [5.74, 6) is -2.13. The van der Waals surface area contributed by atoms with E-state index in [1.807, 2.05) is 32.9 Å². The van der Waals surface area contributed by atoms with Crippen molar-refractivity contribution in [3.63, 3.8) is 0 Å². The molecule has 1 saturated heterocycles. The molecule has 3 rings (SSSR count). The minimum Gasteiger partial charge on any atom is -0.487 e. The molecule has 1 saturated carbocycles. The number of hydrogen-bond donors (Lipinski definition) is 1. The molecule has 0 aromatic carbocycles. The van der Waals surface area contributed by atoms with Crippen molar-refractivity contribution in [1.29, 1.82) is 0 Å².